The molecule has 2 atom stereocenters. The maximum Gasteiger partial charge on any atom is 0.245 e. The van der Waals surface area contributed by atoms with E-state index in [1.54, 1.807) is 0 Å². The van der Waals surface area contributed by atoms with E-state index < -0.39 is 0 Å². The van der Waals surface area contributed by atoms with Crippen LogP contribution in [0.15, 0.2) is 0 Å². The molecule has 18 heavy (non-hydrogen) atoms. The van der Waals surface area contributed by atoms with Crippen molar-refractivity contribution in [3.63, 3.8) is 0 Å². The SMILES string of the molecule is CCC1CCCN(C(=O)C2CCCCC(=O)N2)C1. The summed E-state index contributed by atoms with van der Waals surface area (Å²) in [5, 5.41) is 2.88. The number of rotatable bonds is 2. The molecule has 0 saturated carbocycles. The van der Waals surface area contributed by atoms with E-state index in [1.165, 1.54) is 6.42 Å². The van der Waals surface area contributed by atoms with E-state index >= 15 is 0 Å². The van der Waals surface area contributed by atoms with Crippen molar-refractivity contribution >= 4 is 11.8 Å². The number of hydrogen-bond acceptors (Lipinski definition) is 2. The van der Waals surface area contributed by atoms with Crippen molar-refractivity contribution in [2.45, 2.75) is 57.9 Å². The van der Waals surface area contributed by atoms with Crippen molar-refractivity contribution in [1.29, 1.82) is 0 Å². The van der Waals surface area contributed by atoms with Crippen molar-refractivity contribution < 1.29 is 9.59 Å². The van der Waals surface area contributed by atoms with Gasteiger partial charge in [0, 0.05) is 19.5 Å². The van der Waals surface area contributed by atoms with Crippen LogP contribution in [0.1, 0.15) is 51.9 Å². The van der Waals surface area contributed by atoms with E-state index in [1.807, 2.05) is 4.90 Å². The van der Waals surface area contributed by atoms with Gasteiger partial charge < -0.3 is 10.2 Å². The van der Waals surface area contributed by atoms with Crippen LogP contribution in [0.5, 0.6) is 0 Å². The summed E-state index contributed by atoms with van der Waals surface area (Å²) in [6, 6.07) is -0.268. The maximum absolute atomic E-state index is 12.4. The van der Waals surface area contributed by atoms with Gasteiger partial charge in [-0.15, -0.1) is 0 Å². The third-order valence-electron chi connectivity index (χ3n) is 4.19. The fourth-order valence-electron chi connectivity index (χ4n) is 2.98. The summed E-state index contributed by atoms with van der Waals surface area (Å²) in [4.78, 5) is 25.9. The molecule has 4 nitrogen and oxygen atoms in total. The van der Waals surface area contributed by atoms with Crippen molar-refractivity contribution in [2.24, 2.45) is 5.92 Å². The summed E-state index contributed by atoms with van der Waals surface area (Å²) < 4.78 is 0. The molecule has 102 valence electrons. The lowest BCUT2D eigenvalue weighted by Crippen LogP contribution is -2.50. The van der Waals surface area contributed by atoms with Crippen LogP contribution in [-0.2, 0) is 9.59 Å². The zero-order chi connectivity index (χ0) is 13.0. The minimum Gasteiger partial charge on any atom is -0.344 e. The smallest absolute Gasteiger partial charge is 0.245 e. The van der Waals surface area contributed by atoms with Gasteiger partial charge in [-0.1, -0.05) is 19.8 Å². The summed E-state index contributed by atoms with van der Waals surface area (Å²) in [6.07, 6.45) is 6.73. The quantitative estimate of drug-likeness (QED) is 0.813. The lowest BCUT2D eigenvalue weighted by molar-refractivity contribution is -0.137. The molecule has 0 radical (unpaired) electrons. The highest BCUT2D eigenvalue weighted by Gasteiger charge is 2.30. The number of likely N-dealkylation sites (tertiary alicyclic amines) is 1. The summed E-state index contributed by atoms with van der Waals surface area (Å²) >= 11 is 0. The van der Waals surface area contributed by atoms with Crippen LogP contribution in [0.2, 0.25) is 0 Å². The topological polar surface area (TPSA) is 49.4 Å². The maximum atomic E-state index is 12.4. The molecule has 0 spiro atoms. The highest BCUT2D eigenvalue weighted by atomic mass is 16.2. The summed E-state index contributed by atoms with van der Waals surface area (Å²) in [5.74, 6) is 0.822. The average molecular weight is 252 g/mol. The molecule has 4 heteroatoms. The molecule has 2 rings (SSSR count). The van der Waals surface area contributed by atoms with E-state index in [2.05, 4.69) is 12.2 Å². The molecule has 2 amide bonds. The van der Waals surface area contributed by atoms with E-state index in [9.17, 15) is 9.59 Å². The Morgan fingerprint density at radius 2 is 2.17 bits per heavy atom. The van der Waals surface area contributed by atoms with Crippen molar-refractivity contribution in [1.82, 2.24) is 10.2 Å². The van der Waals surface area contributed by atoms with E-state index in [4.69, 9.17) is 0 Å². The number of hydrogen-bond donors (Lipinski definition) is 1. The highest BCUT2D eigenvalue weighted by Crippen LogP contribution is 2.21. The largest absolute Gasteiger partial charge is 0.344 e. The van der Waals surface area contributed by atoms with Crippen LogP contribution in [0.25, 0.3) is 0 Å². The predicted molar refractivity (Wildman–Crippen MR) is 70.0 cm³/mol. The Balaban J connectivity index is 1.94. The molecule has 2 aliphatic heterocycles. The molecule has 0 bridgehead atoms. The molecule has 0 aliphatic carbocycles. The highest BCUT2D eigenvalue weighted by molar-refractivity contribution is 5.88. The van der Waals surface area contributed by atoms with Crippen LogP contribution in [-0.4, -0.2) is 35.8 Å². The third kappa shape index (κ3) is 3.24. The number of amides is 2. The molecule has 2 heterocycles. The number of nitrogens with one attached hydrogen (secondary N) is 1. The second kappa shape index (κ2) is 6.21. The molecular formula is C14H24N2O2. The molecular weight excluding hydrogens is 228 g/mol. The van der Waals surface area contributed by atoms with Gasteiger partial charge in [0.25, 0.3) is 0 Å². The minimum absolute atomic E-state index is 0.0369. The van der Waals surface area contributed by atoms with Crippen LogP contribution in [0, 0.1) is 5.92 Å². The first-order valence-corrected chi connectivity index (χ1v) is 7.29. The second-order valence-corrected chi connectivity index (χ2v) is 5.57. The fourth-order valence-corrected chi connectivity index (χ4v) is 2.98. The first-order valence-electron chi connectivity index (χ1n) is 7.29. The first kappa shape index (κ1) is 13.4. The van der Waals surface area contributed by atoms with Crippen molar-refractivity contribution in [2.75, 3.05) is 13.1 Å². The number of piperidine rings is 1. The predicted octanol–water partition coefficient (Wildman–Crippen LogP) is 1.69. The van der Waals surface area contributed by atoms with Gasteiger partial charge in [-0.05, 0) is 31.6 Å². The lowest BCUT2D eigenvalue weighted by Gasteiger charge is -2.34. The van der Waals surface area contributed by atoms with Crippen LogP contribution in [0.3, 0.4) is 0 Å². The van der Waals surface area contributed by atoms with Gasteiger partial charge in [-0.25, -0.2) is 0 Å². The third-order valence-corrected chi connectivity index (χ3v) is 4.19. The molecule has 2 aliphatic rings. The molecule has 1 N–H and O–H groups in total. The van der Waals surface area contributed by atoms with Gasteiger partial charge in [0.15, 0.2) is 0 Å². The van der Waals surface area contributed by atoms with E-state index in [0.29, 0.717) is 12.3 Å². The van der Waals surface area contributed by atoms with Gasteiger partial charge in [0.2, 0.25) is 11.8 Å². The number of carbonyl (C=O) groups excluding carboxylic acids is 2. The van der Waals surface area contributed by atoms with Gasteiger partial charge in [0.05, 0.1) is 0 Å². The molecule has 0 aromatic rings. The molecule has 0 aromatic heterocycles. The minimum atomic E-state index is -0.268. The molecule has 0 aromatic carbocycles. The normalized spacial score (nSPS) is 29.6. The molecule has 2 fully saturated rings. The van der Waals surface area contributed by atoms with Gasteiger partial charge in [-0.2, -0.15) is 0 Å². The Morgan fingerprint density at radius 1 is 1.33 bits per heavy atom. The standard InChI is InChI=1S/C14H24N2O2/c1-2-11-6-5-9-16(10-11)14(18)12-7-3-4-8-13(17)15-12/h11-12H,2-10H2,1H3,(H,15,17). The molecule has 2 saturated heterocycles. The fraction of sp³-hybridized carbons (Fsp3) is 0.857. The Labute approximate surface area is 109 Å². The van der Waals surface area contributed by atoms with Crippen LogP contribution >= 0.6 is 0 Å². The van der Waals surface area contributed by atoms with Gasteiger partial charge in [0.1, 0.15) is 6.04 Å². The van der Waals surface area contributed by atoms with Gasteiger partial charge >= 0.3 is 0 Å². The zero-order valence-corrected chi connectivity index (χ0v) is 11.3. The van der Waals surface area contributed by atoms with E-state index in [-0.39, 0.29) is 17.9 Å². The second-order valence-electron chi connectivity index (χ2n) is 5.57. The summed E-state index contributed by atoms with van der Waals surface area (Å²) in [7, 11) is 0. The monoisotopic (exact) mass is 252 g/mol. The summed E-state index contributed by atoms with van der Waals surface area (Å²) in [5.41, 5.74) is 0. The van der Waals surface area contributed by atoms with Crippen molar-refractivity contribution in [3.05, 3.63) is 0 Å². The Bertz CT molecular complexity index is 317. The van der Waals surface area contributed by atoms with E-state index in [0.717, 1.165) is 45.2 Å². The Kier molecular flexibility index (Phi) is 4.61. The first-order chi connectivity index (χ1) is 8.70. The van der Waals surface area contributed by atoms with Crippen LogP contribution < -0.4 is 5.32 Å². The number of nitrogens with zero attached hydrogens (tertiary/aromatic N) is 1. The zero-order valence-electron chi connectivity index (χ0n) is 11.3. The summed E-state index contributed by atoms with van der Waals surface area (Å²) in [6.45, 7) is 3.93. The number of carbonyl (C=O) groups is 2. The van der Waals surface area contributed by atoms with Crippen LogP contribution in [0.4, 0.5) is 0 Å². The van der Waals surface area contributed by atoms with Gasteiger partial charge in [-0.3, -0.25) is 9.59 Å². The van der Waals surface area contributed by atoms with Crippen molar-refractivity contribution in [3.8, 4) is 0 Å². The Morgan fingerprint density at radius 3 is 2.94 bits per heavy atom. The molecule has 2 unspecified atom stereocenters. The lowest BCUT2D eigenvalue weighted by atomic mass is 9.95. The average Bonchev–Trinajstić information content (AvgIpc) is 2.62. The Hall–Kier alpha value is -1.06.